The van der Waals surface area contributed by atoms with E-state index in [9.17, 15) is 0 Å². The molecule has 6 rings (SSSR count). The first-order chi connectivity index (χ1) is 19.6. The lowest BCUT2D eigenvalue weighted by Gasteiger charge is -2.14. The number of hydrogen-bond donors (Lipinski definition) is 0. The quantitative estimate of drug-likeness (QED) is 0.143. The Morgan fingerprint density at radius 3 is 1.61 bits per heavy atom. The van der Waals surface area contributed by atoms with Crippen molar-refractivity contribution in [2.45, 2.75) is 12.8 Å². The zero-order valence-electron chi connectivity index (χ0n) is 22.2. The molecule has 0 unspecified atom stereocenters. The van der Waals surface area contributed by atoms with E-state index in [4.69, 9.17) is 51.4 Å². The molecule has 0 N–H and O–H groups in total. The van der Waals surface area contributed by atoms with Crippen LogP contribution in [0.25, 0.3) is 51.5 Å². The number of aryl methyl sites for hydroxylation is 1. The highest BCUT2D eigenvalue weighted by molar-refractivity contribution is 6.53. The van der Waals surface area contributed by atoms with Crippen LogP contribution >= 0.6 is 46.4 Å². The van der Waals surface area contributed by atoms with Crippen molar-refractivity contribution >= 4 is 92.3 Å². The minimum absolute atomic E-state index is 0.194. The molecule has 1 aliphatic carbocycles. The molecule has 0 fully saturated rings. The second-order valence-electron chi connectivity index (χ2n) is 10.1. The van der Waals surface area contributed by atoms with Crippen LogP contribution < -0.4 is 10.7 Å². The van der Waals surface area contributed by atoms with Crippen LogP contribution in [-0.4, -0.2) is 9.55 Å². The van der Waals surface area contributed by atoms with Gasteiger partial charge in [-0.15, -0.1) is 0 Å². The molecular weight excluding hydrogens is 590 g/mol. The Kier molecular flexibility index (Phi) is 7.00. The predicted molar refractivity (Wildman–Crippen MR) is 179 cm³/mol. The summed E-state index contributed by atoms with van der Waals surface area (Å²) in [4.78, 5) is 5.15. The van der Waals surface area contributed by atoms with Gasteiger partial charge in [0.25, 0.3) is 0 Å². The predicted octanol–water partition coefficient (Wildman–Crippen LogP) is 9.87. The number of rotatable bonds is 2. The lowest BCUT2D eigenvalue weighted by molar-refractivity contribution is 0.955. The van der Waals surface area contributed by atoms with Crippen molar-refractivity contribution in [3.05, 3.63) is 139 Å². The lowest BCUT2D eigenvalue weighted by Crippen LogP contribution is -2.24. The molecule has 1 aliphatic rings. The molecule has 41 heavy (non-hydrogen) atoms. The van der Waals surface area contributed by atoms with Gasteiger partial charge in [0.05, 0.1) is 43.1 Å². The molecule has 6 heteroatoms. The van der Waals surface area contributed by atoms with Crippen LogP contribution in [0.15, 0.2) is 86.0 Å². The van der Waals surface area contributed by atoms with Crippen molar-refractivity contribution in [2.24, 2.45) is 0 Å². The minimum Gasteiger partial charge on any atom is -0.309 e. The Labute approximate surface area is 258 Å². The van der Waals surface area contributed by atoms with E-state index in [0.717, 1.165) is 49.3 Å². The fraction of sp³-hybridized carbons (Fsp3) is 0.0571. The average molecular weight is 614 g/mol. The van der Waals surface area contributed by atoms with Gasteiger partial charge in [-0.1, -0.05) is 121 Å². The molecule has 0 aliphatic heterocycles. The van der Waals surface area contributed by atoms with Gasteiger partial charge in [0, 0.05) is 32.6 Å². The highest BCUT2D eigenvalue weighted by atomic mass is 35.5. The second kappa shape index (κ2) is 10.4. The number of halogens is 4. The third-order valence-corrected chi connectivity index (χ3v) is 9.51. The molecule has 0 spiro atoms. The summed E-state index contributed by atoms with van der Waals surface area (Å²) in [5.41, 5.74) is 5.06. The fourth-order valence-electron chi connectivity index (χ4n) is 5.74. The van der Waals surface area contributed by atoms with E-state index in [-0.39, 0.29) is 16.0 Å². The molecule has 2 nitrogen and oxygen atoms in total. The summed E-state index contributed by atoms with van der Waals surface area (Å²) in [5, 5.41) is 7.08. The molecule has 202 valence electrons. The largest absolute Gasteiger partial charge is 0.309 e. The topological polar surface area (TPSA) is 17.8 Å². The number of hydrogen-bond acceptors (Lipinski definition) is 1. The molecular formula is C35H24Cl4N2. The van der Waals surface area contributed by atoms with Gasteiger partial charge < -0.3 is 4.57 Å². The molecule has 0 atom stereocenters. The van der Waals surface area contributed by atoms with Crippen LogP contribution in [-0.2, 0) is 0 Å². The van der Waals surface area contributed by atoms with Crippen LogP contribution in [0.4, 0.5) is 0 Å². The van der Waals surface area contributed by atoms with E-state index < -0.39 is 0 Å². The SMILES string of the molecule is C=C1c2c(Cl)c(Cl)c(Cl)c(Cl)c2C(=C)C1c1ccccccc(-n2c(=C)c3cc4ccccc4cc3c2=C)c(C)n1. The van der Waals surface area contributed by atoms with Gasteiger partial charge in [-0.05, 0) is 53.1 Å². The number of benzene rings is 3. The smallest absolute Gasteiger partial charge is 0.0800 e. The summed E-state index contributed by atoms with van der Waals surface area (Å²) in [7, 11) is 0. The Balaban J connectivity index is 1.59. The average Bonchev–Trinajstić information content (AvgIpc) is 3.36. The number of nitrogens with zero attached hydrogens (tertiary/aromatic N) is 2. The Hall–Kier alpha value is -3.53. The van der Waals surface area contributed by atoms with Gasteiger partial charge in [0.15, 0.2) is 0 Å². The van der Waals surface area contributed by atoms with Crippen molar-refractivity contribution in [3.8, 4) is 5.69 Å². The third-order valence-electron chi connectivity index (χ3n) is 7.71. The van der Waals surface area contributed by atoms with E-state index >= 15 is 0 Å². The minimum atomic E-state index is -0.383. The first-order valence-corrected chi connectivity index (χ1v) is 14.4. The van der Waals surface area contributed by atoms with Crippen molar-refractivity contribution in [2.75, 3.05) is 0 Å². The molecule has 0 bridgehead atoms. The van der Waals surface area contributed by atoms with Crippen LogP contribution in [0.3, 0.4) is 0 Å². The first kappa shape index (κ1) is 27.6. The van der Waals surface area contributed by atoms with E-state index in [1.165, 1.54) is 0 Å². The second-order valence-corrected chi connectivity index (χ2v) is 11.6. The Morgan fingerprint density at radius 1 is 0.634 bits per heavy atom. The molecule has 3 aromatic carbocycles. The maximum Gasteiger partial charge on any atom is 0.0800 e. The first-order valence-electron chi connectivity index (χ1n) is 12.9. The van der Waals surface area contributed by atoms with Gasteiger partial charge in [-0.2, -0.15) is 0 Å². The molecule has 2 heterocycles. The van der Waals surface area contributed by atoms with Crippen molar-refractivity contribution in [1.82, 2.24) is 9.55 Å². The molecule has 0 radical (unpaired) electrons. The molecule has 0 saturated carbocycles. The number of aromatic nitrogens is 2. The normalized spacial score (nSPS) is 13.2. The molecule has 0 saturated heterocycles. The monoisotopic (exact) mass is 612 g/mol. The summed E-state index contributed by atoms with van der Waals surface area (Å²) in [5.74, 6) is -0.383. The van der Waals surface area contributed by atoms with Crippen LogP contribution in [0.1, 0.15) is 28.4 Å². The Bertz CT molecular complexity index is 2030. The molecule has 5 aromatic rings. The van der Waals surface area contributed by atoms with Crippen molar-refractivity contribution in [1.29, 1.82) is 0 Å². The van der Waals surface area contributed by atoms with Crippen molar-refractivity contribution < 1.29 is 0 Å². The fourth-order valence-corrected chi connectivity index (χ4v) is 6.83. The zero-order chi connectivity index (χ0) is 29.2. The van der Waals surface area contributed by atoms with Gasteiger partial charge >= 0.3 is 0 Å². The van der Waals surface area contributed by atoms with E-state index in [1.54, 1.807) is 0 Å². The van der Waals surface area contributed by atoms with Crippen LogP contribution in [0, 0.1) is 6.92 Å². The summed E-state index contributed by atoms with van der Waals surface area (Å²) in [6.45, 7) is 19.6. The molecule has 0 amide bonds. The number of fused-ring (bicyclic) bond motifs is 3. The maximum atomic E-state index is 6.65. The van der Waals surface area contributed by atoms with Crippen LogP contribution in [0.5, 0.6) is 0 Å². The van der Waals surface area contributed by atoms with E-state index in [0.29, 0.717) is 32.3 Å². The summed E-state index contributed by atoms with van der Waals surface area (Å²) in [6.07, 6.45) is 0. The Morgan fingerprint density at radius 2 is 1.10 bits per heavy atom. The van der Waals surface area contributed by atoms with E-state index in [1.807, 2.05) is 55.5 Å². The highest BCUT2D eigenvalue weighted by Crippen LogP contribution is 2.57. The van der Waals surface area contributed by atoms with Gasteiger partial charge in [-0.3, -0.25) is 4.98 Å². The van der Waals surface area contributed by atoms with Gasteiger partial charge in [-0.25, -0.2) is 0 Å². The highest BCUT2D eigenvalue weighted by Gasteiger charge is 2.37. The maximum absolute atomic E-state index is 6.65. The van der Waals surface area contributed by atoms with E-state index in [2.05, 4.69) is 55.1 Å². The van der Waals surface area contributed by atoms with Crippen LogP contribution in [0.2, 0.25) is 20.1 Å². The van der Waals surface area contributed by atoms with Crippen molar-refractivity contribution in [3.63, 3.8) is 0 Å². The van der Waals surface area contributed by atoms with Gasteiger partial charge in [0.2, 0.25) is 0 Å². The summed E-state index contributed by atoms with van der Waals surface area (Å²) < 4.78 is 2.07. The van der Waals surface area contributed by atoms with Gasteiger partial charge in [0.1, 0.15) is 0 Å². The zero-order valence-corrected chi connectivity index (χ0v) is 25.3. The summed E-state index contributed by atoms with van der Waals surface area (Å²) in [6, 6.07) is 24.4. The lowest BCUT2D eigenvalue weighted by atomic mass is 9.94. The number of allylic oxidation sites excluding steroid dienone is 2. The third kappa shape index (κ3) is 4.29. The standard InChI is InChI=1S/C35H24Cl4N2/c1-18-29(19(2)31-30(18)32(36)34(38)35(39)33(31)37)27-14-8-6-7-9-15-28(20(3)40-27)41-21(4)25-16-23-12-10-11-13-24(23)17-26(25)22(41)5/h6-17,29H,1-2,4-5H2,3H3. The summed E-state index contributed by atoms with van der Waals surface area (Å²) >= 11 is 26.1. The molecule has 2 aromatic heterocycles.